The molecular weight excluding hydrogens is 417 g/mol. The van der Waals surface area contributed by atoms with Gasteiger partial charge in [0.1, 0.15) is 6.54 Å². The van der Waals surface area contributed by atoms with Gasteiger partial charge < -0.3 is 5.32 Å². The highest BCUT2D eigenvalue weighted by molar-refractivity contribution is 7.93. The van der Waals surface area contributed by atoms with Crippen molar-refractivity contribution in [1.82, 2.24) is 5.32 Å². The lowest BCUT2D eigenvalue weighted by molar-refractivity contribution is -0.137. The summed E-state index contributed by atoms with van der Waals surface area (Å²) in [6.07, 6.45) is -4.07. The Labute approximate surface area is 171 Å². The molecule has 0 unspecified atom stereocenters. The van der Waals surface area contributed by atoms with E-state index in [1.165, 1.54) is 18.2 Å². The molecule has 1 N–H and O–H groups in total. The molecule has 0 saturated carbocycles. The maximum Gasteiger partial charge on any atom is 0.416 e. The number of rotatable bonds is 5. The third-order valence-corrected chi connectivity index (χ3v) is 6.79. The van der Waals surface area contributed by atoms with Crippen molar-refractivity contribution in [3.05, 3.63) is 71.8 Å². The second-order valence-corrected chi connectivity index (χ2v) is 8.77. The van der Waals surface area contributed by atoms with Crippen LogP contribution in [0.3, 0.4) is 0 Å². The number of halogens is 3. The summed E-state index contributed by atoms with van der Waals surface area (Å²) in [6, 6.07) is 14.9. The lowest BCUT2D eigenvalue weighted by Gasteiger charge is -2.18. The van der Waals surface area contributed by atoms with E-state index in [0.29, 0.717) is 23.1 Å². The van der Waals surface area contributed by atoms with Crippen molar-refractivity contribution < 1.29 is 26.4 Å². The molecule has 1 amide bonds. The number of alkyl halides is 3. The lowest BCUT2D eigenvalue weighted by Crippen LogP contribution is -2.39. The summed E-state index contributed by atoms with van der Waals surface area (Å²) in [6.45, 7) is -0.196. The third kappa shape index (κ3) is 3.60. The summed E-state index contributed by atoms with van der Waals surface area (Å²) in [5, 5.41) is 4.00. The van der Waals surface area contributed by atoms with Crippen LogP contribution in [0, 0.1) is 0 Å². The SMILES string of the molecule is O=C(CN1c2cccc3cccc(c23)S1(=O)=O)NCCc1ccc(C(F)(F)F)cc1. The van der Waals surface area contributed by atoms with E-state index < -0.39 is 27.7 Å². The molecule has 5 nitrogen and oxygen atoms in total. The zero-order valence-corrected chi connectivity index (χ0v) is 16.4. The molecule has 9 heteroatoms. The largest absolute Gasteiger partial charge is 0.416 e. The van der Waals surface area contributed by atoms with E-state index >= 15 is 0 Å². The van der Waals surface area contributed by atoms with Gasteiger partial charge in [-0.25, -0.2) is 8.42 Å². The van der Waals surface area contributed by atoms with Crippen molar-refractivity contribution in [2.45, 2.75) is 17.5 Å². The van der Waals surface area contributed by atoms with Crippen molar-refractivity contribution in [2.24, 2.45) is 0 Å². The van der Waals surface area contributed by atoms with E-state index in [9.17, 15) is 26.4 Å². The average molecular weight is 434 g/mol. The fourth-order valence-electron chi connectivity index (χ4n) is 3.52. The van der Waals surface area contributed by atoms with Gasteiger partial charge >= 0.3 is 6.18 Å². The Bertz CT molecular complexity index is 1220. The first-order valence-electron chi connectivity index (χ1n) is 9.15. The summed E-state index contributed by atoms with van der Waals surface area (Å²) in [5.74, 6) is -0.490. The standard InChI is InChI=1S/C21H17F3N2O3S/c22-21(23,24)16-9-7-14(8-10-16)11-12-25-19(27)13-26-17-5-1-3-15-4-2-6-18(20(15)17)30(26,28)29/h1-10H,11-13H2,(H,25,27). The van der Waals surface area contributed by atoms with Crippen molar-refractivity contribution in [3.63, 3.8) is 0 Å². The van der Waals surface area contributed by atoms with Crippen molar-refractivity contribution in [2.75, 3.05) is 17.4 Å². The van der Waals surface area contributed by atoms with Gasteiger partial charge in [-0.1, -0.05) is 36.4 Å². The van der Waals surface area contributed by atoms with Crippen LogP contribution in [-0.4, -0.2) is 27.4 Å². The second-order valence-electron chi connectivity index (χ2n) is 6.94. The molecule has 0 radical (unpaired) electrons. The van der Waals surface area contributed by atoms with E-state index in [4.69, 9.17) is 0 Å². The molecule has 0 fully saturated rings. The number of anilines is 1. The zero-order valence-electron chi connectivity index (χ0n) is 15.6. The Balaban J connectivity index is 1.41. The van der Waals surface area contributed by atoms with Crippen LogP contribution in [-0.2, 0) is 27.4 Å². The first-order chi connectivity index (χ1) is 14.2. The van der Waals surface area contributed by atoms with Crippen LogP contribution in [0.15, 0.2) is 65.6 Å². The summed E-state index contributed by atoms with van der Waals surface area (Å²) in [5.41, 5.74) is 0.360. The lowest BCUT2D eigenvalue weighted by atomic mass is 10.1. The monoisotopic (exact) mass is 434 g/mol. The molecule has 1 aliphatic rings. The van der Waals surface area contributed by atoms with Gasteiger partial charge in [-0.15, -0.1) is 0 Å². The molecule has 0 saturated heterocycles. The molecule has 3 aromatic rings. The van der Waals surface area contributed by atoms with Crippen LogP contribution in [0.25, 0.3) is 10.8 Å². The van der Waals surface area contributed by atoms with E-state index in [1.807, 2.05) is 12.1 Å². The number of carbonyl (C=O) groups excluding carboxylic acids is 1. The van der Waals surface area contributed by atoms with E-state index in [0.717, 1.165) is 21.8 Å². The topological polar surface area (TPSA) is 66.5 Å². The van der Waals surface area contributed by atoms with Gasteiger partial charge in [0.2, 0.25) is 5.91 Å². The highest BCUT2D eigenvalue weighted by Crippen LogP contribution is 2.41. The number of carbonyl (C=O) groups is 1. The number of hydrogen-bond acceptors (Lipinski definition) is 3. The molecule has 0 aliphatic carbocycles. The average Bonchev–Trinajstić information content (AvgIpc) is 2.91. The van der Waals surface area contributed by atoms with Crippen LogP contribution in [0.4, 0.5) is 18.9 Å². The fourth-order valence-corrected chi connectivity index (χ4v) is 5.19. The summed E-state index contributed by atoms with van der Waals surface area (Å²) in [7, 11) is -3.82. The Morgan fingerprint density at radius 1 is 0.967 bits per heavy atom. The first-order valence-corrected chi connectivity index (χ1v) is 10.6. The highest BCUT2D eigenvalue weighted by atomic mass is 32.2. The Morgan fingerprint density at radius 3 is 2.30 bits per heavy atom. The van der Waals surface area contributed by atoms with Crippen LogP contribution in [0.5, 0.6) is 0 Å². The number of sulfonamides is 1. The first kappa shape index (κ1) is 20.2. The Kier molecular flexibility index (Phi) is 4.93. The number of hydrogen-bond donors (Lipinski definition) is 1. The van der Waals surface area contributed by atoms with Crippen molar-refractivity contribution in [3.8, 4) is 0 Å². The van der Waals surface area contributed by atoms with Crippen molar-refractivity contribution in [1.29, 1.82) is 0 Å². The molecular formula is C21H17F3N2O3S. The number of nitrogens with one attached hydrogen (secondary N) is 1. The Morgan fingerprint density at radius 2 is 1.63 bits per heavy atom. The van der Waals surface area contributed by atoms with Crippen LogP contribution in [0.1, 0.15) is 11.1 Å². The smallest absolute Gasteiger partial charge is 0.354 e. The molecule has 3 aromatic carbocycles. The number of amides is 1. The number of nitrogens with zero attached hydrogens (tertiary/aromatic N) is 1. The van der Waals surface area contributed by atoms with Gasteiger partial charge in [0.25, 0.3) is 10.0 Å². The van der Waals surface area contributed by atoms with Crippen molar-refractivity contribution >= 4 is 32.4 Å². The minimum atomic E-state index is -4.39. The quantitative estimate of drug-likeness (QED) is 0.666. The fraction of sp³-hybridized carbons (Fsp3) is 0.190. The van der Waals surface area contributed by atoms with Gasteiger partial charge in [-0.3, -0.25) is 9.10 Å². The zero-order chi connectivity index (χ0) is 21.5. The second kappa shape index (κ2) is 7.32. The Hall–Kier alpha value is -3.07. The summed E-state index contributed by atoms with van der Waals surface area (Å²) in [4.78, 5) is 12.5. The van der Waals surface area contributed by atoms with Crippen LogP contribution in [0.2, 0.25) is 0 Å². The van der Waals surface area contributed by atoms with Gasteiger partial charge in [-0.2, -0.15) is 13.2 Å². The molecule has 0 aromatic heterocycles. The molecule has 0 bridgehead atoms. The minimum Gasteiger partial charge on any atom is -0.354 e. The predicted octanol–water partition coefficient (Wildman–Crippen LogP) is 3.73. The van der Waals surface area contributed by atoms with Gasteiger partial charge in [0.15, 0.2) is 0 Å². The van der Waals surface area contributed by atoms with Gasteiger partial charge in [-0.05, 0) is 41.6 Å². The molecule has 1 aliphatic heterocycles. The minimum absolute atomic E-state index is 0.174. The number of benzene rings is 3. The van der Waals surface area contributed by atoms with Crippen LogP contribution < -0.4 is 9.62 Å². The molecule has 0 spiro atoms. The van der Waals surface area contributed by atoms with Gasteiger partial charge in [0, 0.05) is 11.9 Å². The molecule has 0 atom stereocenters. The maximum atomic E-state index is 12.9. The molecule has 156 valence electrons. The van der Waals surface area contributed by atoms with E-state index in [2.05, 4.69) is 5.32 Å². The normalized spacial score (nSPS) is 14.8. The predicted molar refractivity (Wildman–Crippen MR) is 107 cm³/mol. The summed E-state index contributed by atoms with van der Waals surface area (Å²) >= 11 is 0. The molecule has 1 heterocycles. The molecule has 4 rings (SSSR count). The van der Waals surface area contributed by atoms with E-state index in [-0.39, 0.29) is 18.0 Å². The third-order valence-electron chi connectivity index (χ3n) is 4.99. The van der Waals surface area contributed by atoms with Gasteiger partial charge in [0.05, 0.1) is 16.1 Å². The van der Waals surface area contributed by atoms with Crippen LogP contribution >= 0.6 is 0 Å². The molecule has 30 heavy (non-hydrogen) atoms. The maximum absolute atomic E-state index is 12.9. The van der Waals surface area contributed by atoms with E-state index in [1.54, 1.807) is 18.2 Å². The summed E-state index contributed by atoms with van der Waals surface area (Å²) < 4.78 is 64.6. The highest BCUT2D eigenvalue weighted by Gasteiger charge is 2.36.